The maximum atomic E-state index is 11.8. The second-order valence-electron chi connectivity index (χ2n) is 6.04. The second kappa shape index (κ2) is 5.37. The molecule has 0 aliphatic heterocycles. The molecule has 106 valence electrons. The molecule has 1 N–H and O–H groups in total. The smallest absolute Gasteiger partial charge is 0.246 e. The monoisotopic (exact) mass is 265 g/mol. The first-order valence-electron chi connectivity index (χ1n) is 6.87. The molecule has 0 bridgehead atoms. The molecule has 2 rings (SSSR count). The molecule has 1 aliphatic rings. The highest BCUT2D eigenvalue weighted by Crippen LogP contribution is 2.41. The zero-order valence-corrected chi connectivity index (χ0v) is 12.2. The molecule has 1 atom stereocenters. The van der Waals surface area contributed by atoms with Gasteiger partial charge in [0, 0.05) is 18.6 Å². The van der Waals surface area contributed by atoms with E-state index in [-0.39, 0.29) is 24.0 Å². The van der Waals surface area contributed by atoms with Gasteiger partial charge in [-0.25, -0.2) is 0 Å². The number of ether oxygens (including phenoxy) is 1. The summed E-state index contributed by atoms with van der Waals surface area (Å²) < 4.78 is 10.9. The molecule has 1 amide bonds. The molecule has 4 nitrogen and oxygen atoms in total. The lowest BCUT2D eigenvalue weighted by molar-refractivity contribution is -0.126. The Hall–Kier alpha value is -1.29. The van der Waals surface area contributed by atoms with Crippen molar-refractivity contribution in [2.75, 3.05) is 13.2 Å². The summed E-state index contributed by atoms with van der Waals surface area (Å²) in [4.78, 5) is 11.8. The van der Waals surface area contributed by atoms with Crippen LogP contribution in [0.4, 0.5) is 0 Å². The van der Waals surface area contributed by atoms with E-state index in [1.165, 1.54) is 0 Å². The highest BCUT2D eigenvalue weighted by atomic mass is 16.5. The van der Waals surface area contributed by atoms with Gasteiger partial charge in [0.1, 0.15) is 18.1 Å². The Morgan fingerprint density at radius 2 is 2.32 bits per heavy atom. The van der Waals surface area contributed by atoms with Crippen molar-refractivity contribution in [3.63, 3.8) is 0 Å². The van der Waals surface area contributed by atoms with Gasteiger partial charge in [-0.3, -0.25) is 4.79 Å². The van der Waals surface area contributed by atoms with Gasteiger partial charge in [-0.15, -0.1) is 0 Å². The van der Waals surface area contributed by atoms with Crippen LogP contribution in [0, 0.1) is 12.3 Å². The van der Waals surface area contributed by atoms with Gasteiger partial charge in [-0.05, 0) is 31.7 Å². The Kier molecular flexibility index (Phi) is 3.99. The predicted molar refractivity (Wildman–Crippen MR) is 72.9 cm³/mol. The molecule has 0 saturated carbocycles. The lowest BCUT2D eigenvalue weighted by atomic mass is 9.74. The van der Waals surface area contributed by atoms with Crippen molar-refractivity contribution in [2.24, 2.45) is 5.41 Å². The van der Waals surface area contributed by atoms with Gasteiger partial charge < -0.3 is 14.5 Å². The topological polar surface area (TPSA) is 51.5 Å². The molecule has 1 heterocycles. The summed E-state index contributed by atoms with van der Waals surface area (Å²) in [5.74, 6) is 1.86. The van der Waals surface area contributed by atoms with Crippen LogP contribution < -0.4 is 5.32 Å². The normalized spacial score (nSPS) is 20.9. The van der Waals surface area contributed by atoms with Crippen molar-refractivity contribution in [1.82, 2.24) is 5.32 Å². The number of aryl methyl sites for hydroxylation is 1. The highest BCUT2D eigenvalue weighted by molar-refractivity contribution is 5.77. The Balaban J connectivity index is 2.13. The van der Waals surface area contributed by atoms with Gasteiger partial charge in [-0.1, -0.05) is 13.8 Å². The molecule has 0 aromatic carbocycles. The fraction of sp³-hybridized carbons (Fsp3) is 0.667. The van der Waals surface area contributed by atoms with Gasteiger partial charge in [0.05, 0.1) is 6.04 Å². The zero-order chi connectivity index (χ0) is 14.0. The van der Waals surface area contributed by atoms with Crippen molar-refractivity contribution >= 4 is 5.91 Å². The Labute approximate surface area is 114 Å². The molecule has 1 aliphatic carbocycles. The SMILES string of the molecule is CCOCC(=O)NC1CC(C)(C)Cc2oc(C)cc21. The van der Waals surface area contributed by atoms with E-state index < -0.39 is 0 Å². The van der Waals surface area contributed by atoms with Crippen LogP contribution in [0.5, 0.6) is 0 Å². The van der Waals surface area contributed by atoms with Crippen LogP contribution >= 0.6 is 0 Å². The fourth-order valence-corrected chi connectivity index (χ4v) is 2.74. The average molecular weight is 265 g/mol. The molecule has 0 radical (unpaired) electrons. The lowest BCUT2D eigenvalue weighted by Gasteiger charge is -2.34. The van der Waals surface area contributed by atoms with E-state index in [2.05, 4.69) is 19.2 Å². The minimum atomic E-state index is -0.0608. The number of carbonyl (C=O) groups excluding carboxylic acids is 1. The minimum absolute atomic E-state index is 0.0316. The van der Waals surface area contributed by atoms with Crippen molar-refractivity contribution in [3.05, 3.63) is 23.2 Å². The number of hydrogen-bond acceptors (Lipinski definition) is 3. The van der Waals surface area contributed by atoms with Crippen molar-refractivity contribution in [3.8, 4) is 0 Å². The number of hydrogen-bond donors (Lipinski definition) is 1. The van der Waals surface area contributed by atoms with Crippen LogP contribution in [0.3, 0.4) is 0 Å². The van der Waals surface area contributed by atoms with Crippen LogP contribution in [-0.2, 0) is 16.0 Å². The van der Waals surface area contributed by atoms with E-state index in [0.717, 1.165) is 29.9 Å². The minimum Gasteiger partial charge on any atom is -0.466 e. The first-order valence-corrected chi connectivity index (χ1v) is 6.87. The number of rotatable bonds is 4. The number of nitrogens with one attached hydrogen (secondary N) is 1. The Morgan fingerprint density at radius 3 is 3.00 bits per heavy atom. The van der Waals surface area contributed by atoms with Crippen molar-refractivity contribution in [1.29, 1.82) is 0 Å². The summed E-state index contributed by atoms with van der Waals surface area (Å²) >= 11 is 0. The molecule has 0 saturated heterocycles. The predicted octanol–water partition coefficient (Wildman–Crippen LogP) is 2.75. The summed E-state index contributed by atoms with van der Waals surface area (Å²) in [6.07, 6.45) is 1.85. The second-order valence-corrected chi connectivity index (χ2v) is 6.04. The summed E-state index contributed by atoms with van der Waals surface area (Å²) in [7, 11) is 0. The molecular weight excluding hydrogens is 242 g/mol. The first kappa shape index (κ1) is 14.1. The Bertz CT molecular complexity index is 462. The molecule has 1 aromatic rings. The molecule has 1 aromatic heterocycles. The first-order chi connectivity index (χ1) is 8.91. The summed E-state index contributed by atoms with van der Waals surface area (Å²) in [6.45, 7) is 8.92. The molecular formula is C15H23NO3. The van der Waals surface area contributed by atoms with Crippen molar-refractivity contribution in [2.45, 2.75) is 46.6 Å². The van der Waals surface area contributed by atoms with E-state index >= 15 is 0 Å². The van der Waals surface area contributed by atoms with E-state index in [1.54, 1.807) is 0 Å². The van der Waals surface area contributed by atoms with Crippen LogP contribution in [-0.4, -0.2) is 19.1 Å². The molecule has 0 fully saturated rings. The maximum Gasteiger partial charge on any atom is 0.246 e. The van der Waals surface area contributed by atoms with E-state index in [1.807, 2.05) is 19.9 Å². The highest BCUT2D eigenvalue weighted by Gasteiger charge is 2.35. The Morgan fingerprint density at radius 1 is 1.58 bits per heavy atom. The average Bonchev–Trinajstić information content (AvgIpc) is 2.65. The number of amides is 1. The van der Waals surface area contributed by atoms with Gasteiger partial charge in [0.15, 0.2) is 0 Å². The standard InChI is InChI=1S/C15H23NO3/c1-5-18-9-14(17)16-12-7-15(3,4)8-13-11(12)6-10(2)19-13/h6,12H,5,7-9H2,1-4H3,(H,16,17). The van der Waals surface area contributed by atoms with Gasteiger partial charge in [0.25, 0.3) is 0 Å². The molecule has 19 heavy (non-hydrogen) atoms. The van der Waals surface area contributed by atoms with Gasteiger partial charge >= 0.3 is 0 Å². The third-order valence-electron chi connectivity index (χ3n) is 3.51. The van der Waals surface area contributed by atoms with E-state index in [0.29, 0.717) is 6.61 Å². The molecule has 1 unspecified atom stereocenters. The summed E-state index contributed by atoms with van der Waals surface area (Å²) in [5.41, 5.74) is 1.27. The third kappa shape index (κ3) is 3.38. The quantitative estimate of drug-likeness (QED) is 0.910. The largest absolute Gasteiger partial charge is 0.466 e. The summed E-state index contributed by atoms with van der Waals surface area (Å²) in [6, 6.07) is 2.07. The van der Waals surface area contributed by atoms with Crippen LogP contribution in [0.2, 0.25) is 0 Å². The zero-order valence-electron chi connectivity index (χ0n) is 12.2. The number of furan rings is 1. The van der Waals surface area contributed by atoms with E-state index in [9.17, 15) is 4.79 Å². The van der Waals surface area contributed by atoms with Crippen LogP contribution in [0.15, 0.2) is 10.5 Å². The van der Waals surface area contributed by atoms with Crippen molar-refractivity contribution < 1.29 is 13.9 Å². The van der Waals surface area contributed by atoms with Gasteiger partial charge in [0.2, 0.25) is 5.91 Å². The van der Waals surface area contributed by atoms with E-state index in [4.69, 9.17) is 9.15 Å². The number of carbonyl (C=O) groups is 1. The number of fused-ring (bicyclic) bond motifs is 1. The molecule has 0 spiro atoms. The summed E-state index contributed by atoms with van der Waals surface area (Å²) in [5, 5.41) is 3.05. The van der Waals surface area contributed by atoms with Crippen LogP contribution in [0.1, 0.15) is 50.3 Å². The van der Waals surface area contributed by atoms with Gasteiger partial charge in [-0.2, -0.15) is 0 Å². The molecule has 4 heteroatoms. The fourth-order valence-electron chi connectivity index (χ4n) is 2.74. The maximum absolute atomic E-state index is 11.8. The lowest BCUT2D eigenvalue weighted by Crippen LogP contribution is -2.37. The van der Waals surface area contributed by atoms with Crippen LogP contribution in [0.25, 0.3) is 0 Å². The third-order valence-corrected chi connectivity index (χ3v) is 3.51.